The van der Waals surface area contributed by atoms with E-state index < -0.39 is 0 Å². The molecular weight excluding hydrogens is 336 g/mol. The minimum Gasteiger partial charge on any atom is -0.493 e. The molecule has 0 saturated heterocycles. The molecule has 0 spiro atoms. The summed E-state index contributed by atoms with van der Waals surface area (Å²) in [6, 6.07) is 16.6. The molecule has 0 amide bonds. The van der Waals surface area contributed by atoms with Crippen molar-refractivity contribution in [2.24, 2.45) is 0 Å². The van der Waals surface area contributed by atoms with Crippen LogP contribution in [-0.4, -0.2) is 11.5 Å². The molecule has 138 valence electrons. The van der Waals surface area contributed by atoms with Crippen molar-refractivity contribution in [2.45, 2.75) is 52.4 Å². The van der Waals surface area contributed by atoms with Gasteiger partial charge in [-0.2, -0.15) is 0 Å². The van der Waals surface area contributed by atoms with Gasteiger partial charge in [-0.25, -0.2) is 0 Å². The number of hydrogen-bond donors (Lipinski definition) is 0. The van der Waals surface area contributed by atoms with Gasteiger partial charge in [0, 0.05) is 4.86 Å². The monoisotopic (exact) mass is 366 g/mol. The minimum atomic E-state index is 0.798. The Morgan fingerprint density at radius 2 is 1.77 bits per heavy atom. The molecule has 0 atom stereocenters. The molecule has 0 radical (unpaired) electrons. The Morgan fingerprint density at radius 1 is 0.962 bits per heavy atom. The van der Waals surface area contributed by atoms with Crippen LogP contribution in [0.25, 0.3) is 6.08 Å². The molecule has 0 aliphatic rings. The fourth-order valence-electron chi connectivity index (χ4n) is 2.87. The lowest BCUT2D eigenvalue weighted by atomic mass is 10.0. The topological polar surface area (TPSA) is 9.23 Å². The summed E-state index contributed by atoms with van der Waals surface area (Å²) in [7, 11) is 0. The summed E-state index contributed by atoms with van der Waals surface area (Å²) < 4.78 is 6.10. The Morgan fingerprint density at radius 3 is 2.50 bits per heavy atom. The number of allylic oxidation sites excluding steroid dienone is 1. The molecule has 0 saturated carbocycles. The molecule has 2 heteroatoms. The minimum absolute atomic E-state index is 0.798. The highest BCUT2D eigenvalue weighted by Gasteiger charge is 2.04. The molecule has 0 N–H and O–H groups in total. The number of unbranched alkanes of at least 4 members (excludes halogenated alkanes) is 3. The smallest absolute Gasteiger partial charge is 0.123 e. The fourth-order valence-corrected chi connectivity index (χ4v) is 3.07. The molecule has 0 unspecified atom stereocenters. The van der Waals surface area contributed by atoms with E-state index in [1.54, 1.807) is 0 Å². The number of benzene rings is 2. The van der Waals surface area contributed by atoms with Crippen LogP contribution in [0.15, 0.2) is 54.6 Å². The van der Waals surface area contributed by atoms with Crippen LogP contribution >= 0.6 is 12.2 Å². The highest BCUT2D eigenvalue weighted by atomic mass is 32.1. The third kappa shape index (κ3) is 6.76. The van der Waals surface area contributed by atoms with E-state index in [1.165, 1.54) is 24.8 Å². The molecule has 0 fully saturated rings. The Balaban J connectivity index is 2.05. The quantitative estimate of drug-likeness (QED) is 0.183. The average Bonchev–Trinajstić information content (AvgIpc) is 2.68. The van der Waals surface area contributed by atoms with Gasteiger partial charge in [0.05, 0.1) is 6.61 Å². The maximum atomic E-state index is 6.10. The summed E-state index contributed by atoms with van der Waals surface area (Å²) in [6.45, 7) is 5.24. The Kier molecular flexibility index (Phi) is 9.13. The second-order valence-electron chi connectivity index (χ2n) is 6.59. The molecule has 0 heterocycles. The zero-order valence-electron chi connectivity index (χ0n) is 16.0. The highest BCUT2D eigenvalue weighted by molar-refractivity contribution is 7.81. The second kappa shape index (κ2) is 11.6. The summed E-state index contributed by atoms with van der Waals surface area (Å²) >= 11 is 5.51. The number of aryl methyl sites for hydroxylation is 1. The van der Waals surface area contributed by atoms with E-state index in [9.17, 15) is 0 Å². The van der Waals surface area contributed by atoms with Crippen LogP contribution in [0.2, 0.25) is 0 Å². The van der Waals surface area contributed by atoms with Gasteiger partial charge in [0.1, 0.15) is 5.75 Å². The van der Waals surface area contributed by atoms with Crippen molar-refractivity contribution in [3.05, 3.63) is 71.3 Å². The lowest BCUT2D eigenvalue weighted by Crippen LogP contribution is -2.01. The lowest BCUT2D eigenvalue weighted by molar-refractivity contribution is 0.302. The molecule has 2 rings (SSSR count). The van der Waals surface area contributed by atoms with Crippen molar-refractivity contribution in [1.29, 1.82) is 0 Å². The summed E-state index contributed by atoms with van der Waals surface area (Å²) in [5, 5.41) is 0. The van der Waals surface area contributed by atoms with Gasteiger partial charge >= 0.3 is 0 Å². The first-order valence-corrected chi connectivity index (χ1v) is 10.2. The van der Waals surface area contributed by atoms with Crippen LogP contribution in [0.4, 0.5) is 0 Å². The zero-order chi connectivity index (χ0) is 18.6. The molecular formula is C24H30OS. The van der Waals surface area contributed by atoms with E-state index in [4.69, 9.17) is 17.0 Å². The van der Waals surface area contributed by atoms with E-state index in [1.807, 2.05) is 36.4 Å². The van der Waals surface area contributed by atoms with Gasteiger partial charge in [0.15, 0.2) is 0 Å². The van der Waals surface area contributed by atoms with Gasteiger partial charge in [-0.15, -0.1) is 0 Å². The Bertz CT molecular complexity index is 703. The number of ether oxygens (including phenoxy) is 1. The third-order valence-electron chi connectivity index (χ3n) is 4.35. The predicted molar refractivity (Wildman–Crippen MR) is 117 cm³/mol. The number of hydrogen-bond acceptors (Lipinski definition) is 2. The van der Waals surface area contributed by atoms with Crippen molar-refractivity contribution in [1.82, 2.24) is 0 Å². The van der Waals surface area contributed by atoms with Crippen molar-refractivity contribution in [2.75, 3.05) is 6.61 Å². The standard InChI is InChI=1S/C24H30OS/c1-3-5-6-10-18-25-23-19-20(14-16-21(23)11-4-2)15-17-24(26)22-12-8-7-9-13-22/h7-9,12-17,19H,3-6,10-11,18H2,1-2H3. The fraction of sp³-hybridized carbons (Fsp3) is 0.375. The summed E-state index contributed by atoms with van der Waals surface area (Å²) in [5.41, 5.74) is 3.51. The van der Waals surface area contributed by atoms with Gasteiger partial charge in [-0.05, 0) is 41.7 Å². The van der Waals surface area contributed by atoms with E-state index in [-0.39, 0.29) is 0 Å². The van der Waals surface area contributed by atoms with Crippen LogP contribution in [0.3, 0.4) is 0 Å². The van der Waals surface area contributed by atoms with Crippen molar-refractivity contribution < 1.29 is 4.74 Å². The predicted octanol–water partition coefficient (Wildman–Crippen LogP) is 7.03. The summed E-state index contributed by atoms with van der Waals surface area (Å²) in [4.78, 5) is 0.852. The van der Waals surface area contributed by atoms with E-state index >= 15 is 0 Å². The first-order valence-electron chi connectivity index (χ1n) is 9.77. The Hall–Kier alpha value is -1.93. The number of thiocarbonyl (C=S) groups is 1. The highest BCUT2D eigenvalue weighted by Crippen LogP contribution is 2.23. The average molecular weight is 367 g/mol. The first-order chi connectivity index (χ1) is 12.7. The largest absolute Gasteiger partial charge is 0.493 e. The van der Waals surface area contributed by atoms with Crippen molar-refractivity contribution >= 4 is 23.2 Å². The van der Waals surface area contributed by atoms with Crippen molar-refractivity contribution in [3.8, 4) is 5.75 Å². The molecule has 2 aromatic carbocycles. The second-order valence-corrected chi connectivity index (χ2v) is 7.03. The van der Waals surface area contributed by atoms with E-state index in [0.717, 1.165) is 47.6 Å². The third-order valence-corrected chi connectivity index (χ3v) is 4.72. The number of rotatable bonds is 11. The van der Waals surface area contributed by atoms with E-state index in [0.29, 0.717) is 0 Å². The van der Waals surface area contributed by atoms with Crippen LogP contribution in [0, 0.1) is 0 Å². The SMILES string of the molecule is CCCCCCOc1cc(C=CC(=S)c2ccccc2)ccc1CCC. The molecule has 2 aromatic rings. The van der Waals surface area contributed by atoms with Gasteiger partial charge in [0.2, 0.25) is 0 Å². The summed E-state index contributed by atoms with van der Waals surface area (Å²) in [5.74, 6) is 1.02. The molecule has 0 aliphatic carbocycles. The van der Waals surface area contributed by atoms with Gasteiger partial charge < -0.3 is 4.74 Å². The van der Waals surface area contributed by atoms with Crippen LogP contribution in [0.1, 0.15) is 62.6 Å². The first kappa shape index (κ1) is 20.4. The van der Waals surface area contributed by atoms with E-state index in [2.05, 4.69) is 38.1 Å². The maximum Gasteiger partial charge on any atom is 0.123 e. The van der Waals surface area contributed by atoms with Gasteiger partial charge in [-0.3, -0.25) is 0 Å². The van der Waals surface area contributed by atoms with Crippen LogP contribution < -0.4 is 4.74 Å². The molecule has 0 aliphatic heterocycles. The molecule has 0 aromatic heterocycles. The zero-order valence-corrected chi connectivity index (χ0v) is 16.9. The molecule has 0 bridgehead atoms. The summed E-state index contributed by atoms with van der Waals surface area (Å²) in [6.07, 6.45) is 11.2. The van der Waals surface area contributed by atoms with Gasteiger partial charge in [0.25, 0.3) is 0 Å². The van der Waals surface area contributed by atoms with Gasteiger partial charge in [-0.1, -0.05) is 100 Å². The Labute approximate surface area is 164 Å². The van der Waals surface area contributed by atoms with Crippen LogP contribution in [0.5, 0.6) is 5.75 Å². The maximum absolute atomic E-state index is 6.10. The lowest BCUT2D eigenvalue weighted by Gasteiger charge is -2.12. The molecule has 1 nitrogen and oxygen atoms in total. The van der Waals surface area contributed by atoms with Crippen LogP contribution in [-0.2, 0) is 6.42 Å². The van der Waals surface area contributed by atoms with Crippen molar-refractivity contribution in [3.63, 3.8) is 0 Å². The molecule has 26 heavy (non-hydrogen) atoms. The normalized spacial score (nSPS) is 11.0.